The second-order valence-corrected chi connectivity index (χ2v) is 8.34. The zero-order chi connectivity index (χ0) is 18.0. The Balaban J connectivity index is 2.31. The van der Waals surface area contributed by atoms with Crippen LogP contribution in [0, 0.1) is 0 Å². The van der Waals surface area contributed by atoms with Gasteiger partial charge < -0.3 is 0 Å². The van der Waals surface area contributed by atoms with Crippen molar-refractivity contribution in [2.45, 2.75) is 18.6 Å². The maximum absolute atomic E-state index is 12.2. The number of aldehydes is 1. The second-order valence-electron chi connectivity index (χ2n) is 6.11. The van der Waals surface area contributed by atoms with E-state index in [0.29, 0.717) is 12.0 Å². The van der Waals surface area contributed by atoms with E-state index in [-0.39, 0.29) is 0 Å². The van der Waals surface area contributed by atoms with Crippen molar-refractivity contribution in [2.75, 3.05) is 6.26 Å². The van der Waals surface area contributed by atoms with Gasteiger partial charge in [-0.2, -0.15) is 0 Å². The Hall–Kier alpha value is -2.53. The fraction of sp³-hybridized carbons (Fsp3) is 0.200. The average molecular weight is 353 g/mol. The lowest BCUT2D eigenvalue weighted by molar-refractivity contribution is 0.112. The number of nitrogens with zero attached hydrogens (tertiary/aromatic N) is 1. The zero-order valence-corrected chi connectivity index (χ0v) is 15.0. The predicted molar refractivity (Wildman–Crippen MR) is 100 cm³/mol. The van der Waals surface area contributed by atoms with Gasteiger partial charge in [0, 0.05) is 29.0 Å². The summed E-state index contributed by atoms with van der Waals surface area (Å²) < 4.78 is 24.4. The van der Waals surface area contributed by atoms with Crippen LogP contribution in [0.15, 0.2) is 54.7 Å². The van der Waals surface area contributed by atoms with Crippen molar-refractivity contribution < 1.29 is 13.2 Å². The SMILES string of the molecule is CCC(c1cc(-c2cccc(C=O)c2)c2ncccc2c1)S(C)(=O)=O. The Kier molecular flexibility index (Phi) is 4.68. The van der Waals surface area contributed by atoms with E-state index in [2.05, 4.69) is 4.98 Å². The fourth-order valence-electron chi connectivity index (χ4n) is 3.19. The average Bonchev–Trinajstić information content (AvgIpc) is 2.60. The van der Waals surface area contributed by atoms with Crippen LogP contribution in [0.3, 0.4) is 0 Å². The maximum atomic E-state index is 12.2. The molecule has 5 heteroatoms. The normalized spacial score (nSPS) is 12.9. The van der Waals surface area contributed by atoms with Crippen molar-refractivity contribution in [3.05, 3.63) is 65.9 Å². The maximum Gasteiger partial charge on any atom is 0.154 e. The summed E-state index contributed by atoms with van der Waals surface area (Å²) in [6, 6.07) is 14.8. The van der Waals surface area contributed by atoms with Gasteiger partial charge in [-0.1, -0.05) is 31.2 Å². The number of carbonyl (C=O) groups excluding carboxylic acids is 1. The van der Waals surface area contributed by atoms with Gasteiger partial charge in [0.25, 0.3) is 0 Å². The van der Waals surface area contributed by atoms with Gasteiger partial charge in [-0.15, -0.1) is 0 Å². The molecule has 3 aromatic rings. The lowest BCUT2D eigenvalue weighted by atomic mass is 9.96. The summed E-state index contributed by atoms with van der Waals surface area (Å²) in [5.41, 5.74) is 3.79. The van der Waals surface area contributed by atoms with E-state index < -0.39 is 15.1 Å². The van der Waals surface area contributed by atoms with Gasteiger partial charge in [-0.05, 0) is 41.8 Å². The monoisotopic (exact) mass is 353 g/mol. The number of benzene rings is 2. The largest absolute Gasteiger partial charge is 0.298 e. The third kappa shape index (κ3) is 3.46. The van der Waals surface area contributed by atoms with E-state index in [1.807, 2.05) is 43.3 Å². The topological polar surface area (TPSA) is 64.1 Å². The minimum Gasteiger partial charge on any atom is -0.298 e. The number of pyridine rings is 1. The van der Waals surface area contributed by atoms with Crippen molar-refractivity contribution >= 4 is 27.0 Å². The van der Waals surface area contributed by atoms with Crippen LogP contribution in [0.5, 0.6) is 0 Å². The molecule has 0 amide bonds. The molecule has 1 aromatic heterocycles. The van der Waals surface area contributed by atoms with Gasteiger partial charge in [-0.25, -0.2) is 8.42 Å². The summed E-state index contributed by atoms with van der Waals surface area (Å²) in [5, 5.41) is 0.318. The number of aromatic nitrogens is 1. The highest BCUT2D eigenvalue weighted by molar-refractivity contribution is 7.90. The van der Waals surface area contributed by atoms with Crippen LogP contribution < -0.4 is 0 Å². The van der Waals surface area contributed by atoms with Gasteiger partial charge in [0.05, 0.1) is 10.8 Å². The molecular formula is C20H19NO3S. The van der Waals surface area contributed by atoms with Crippen LogP contribution in [0.1, 0.15) is 34.5 Å². The molecule has 128 valence electrons. The molecule has 0 spiro atoms. The molecule has 0 N–H and O–H groups in total. The number of hydrogen-bond donors (Lipinski definition) is 0. The molecule has 0 aliphatic carbocycles. The summed E-state index contributed by atoms with van der Waals surface area (Å²) in [6.45, 7) is 1.87. The van der Waals surface area contributed by atoms with Crippen molar-refractivity contribution in [2.24, 2.45) is 0 Å². The Morgan fingerprint density at radius 2 is 1.92 bits per heavy atom. The molecule has 0 saturated carbocycles. The van der Waals surface area contributed by atoms with Crippen LogP contribution in [-0.4, -0.2) is 25.9 Å². The second kappa shape index (κ2) is 6.76. The Labute approximate surface area is 147 Å². The van der Waals surface area contributed by atoms with Crippen LogP contribution in [-0.2, 0) is 9.84 Å². The summed E-state index contributed by atoms with van der Waals surface area (Å²) in [4.78, 5) is 15.6. The molecular weight excluding hydrogens is 334 g/mol. The first-order valence-electron chi connectivity index (χ1n) is 8.07. The van der Waals surface area contributed by atoms with Crippen molar-refractivity contribution in [1.82, 2.24) is 4.98 Å². The van der Waals surface area contributed by atoms with Crippen molar-refractivity contribution in [3.8, 4) is 11.1 Å². The minimum atomic E-state index is -3.23. The minimum absolute atomic E-state index is 0.498. The Morgan fingerprint density at radius 1 is 1.12 bits per heavy atom. The molecule has 1 atom stereocenters. The molecule has 0 fully saturated rings. The van der Waals surface area contributed by atoms with Crippen LogP contribution in [0.25, 0.3) is 22.0 Å². The van der Waals surface area contributed by atoms with E-state index in [4.69, 9.17) is 0 Å². The van der Waals surface area contributed by atoms with Gasteiger partial charge in [0.15, 0.2) is 9.84 Å². The molecule has 0 saturated heterocycles. The lowest BCUT2D eigenvalue weighted by Crippen LogP contribution is -2.10. The number of carbonyl (C=O) groups is 1. The van der Waals surface area contributed by atoms with E-state index in [1.165, 1.54) is 6.26 Å². The quantitative estimate of drug-likeness (QED) is 0.645. The molecule has 0 radical (unpaired) electrons. The van der Waals surface area contributed by atoms with Crippen LogP contribution in [0.4, 0.5) is 0 Å². The summed E-state index contributed by atoms with van der Waals surface area (Å²) in [7, 11) is -3.23. The van der Waals surface area contributed by atoms with E-state index in [0.717, 1.165) is 33.9 Å². The standard InChI is InChI=1S/C20H19NO3S/c1-3-19(25(2,23)24)17-11-16-8-5-9-21-20(16)18(12-17)15-7-4-6-14(10-15)13-22/h4-13,19H,3H2,1-2H3. The Bertz CT molecular complexity index is 1040. The molecule has 3 rings (SSSR count). The number of hydrogen-bond acceptors (Lipinski definition) is 4. The first-order chi connectivity index (χ1) is 11.9. The zero-order valence-electron chi connectivity index (χ0n) is 14.1. The van der Waals surface area contributed by atoms with E-state index >= 15 is 0 Å². The van der Waals surface area contributed by atoms with Gasteiger partial charge in [0.2, 0.25) is 0 Å². The molecule has 0 aliphatic rings. The molecule has 1 heterocycles. The lowest BCUT2D eigenvalue weighted by Gasteiger charge is -2.16. The van der Waals surface area contributed by atoms with Crippen LogP contribution in [0.2, 0.25) is 0 Å². The van der Waals surface area contributed by atoms with E-state index in [1.54, 1.807) is 18.3 Å². The molecule has 25 heavy (non-hydrogen) atoms. The molecule has 1 unspecified atom stereocenters. The van der Waals surface area contributed by atoms with Gasteiger partial charge in [-0.3, -0.25) is 9.78 Å². The van der Waals surface area contributed by atoms with E-state index in [9.17, 15) is 13.2 Å². The highest BCUT2D eigenvalue weighted by Gasteiger charge is 2.22. The van der Waals surface area contributed by atoms with Crippen molar-refractivity contribution in [1.29, 1.82) is 0 Å². The summed E-state index contributed by atoms with van der Waals surface area (Å²) >= 11 is 0. The number of fused-ring (bicyclic) bond motifs is 1. The van der Waals surface area contributed by atoms with Crippen molar-refractivity contribution in [3.63, 3.8) is 0 Å². The fourth-order valence-corrected chi connectivity index (χ4v) is 4.42. The van der Waals surface area contributed by atoms with Gasteiger partial charge >= 0.3 is 0 Å². The molecule has 0 aliphatic heterocycles. The first kappa shape index (κ1) is 17.3. The number of sulfone groups is 1. The summed E-state index contributed by atoms with van der Waals surface area (Å²) in [5.74, 6) is 0. The third-order valence-electron chi connectivity index (χ3n) is 4.32. The third-order valence-corrected chi connectivity index (χ3v) is 5.96. The molecule has 4 nitrogen and oxygen atoms in total. The van der Waals surface area contributed by atoms with Crippen LogP contribution >= 0.6 is 0 Å². The summed E-state index contributed by atoms with van der Waals surface area (Å²) in [6.07, 6.45) is 4.27. The van der Waals surface area contributed by atoms with Gasteiger partial charge in [0.1, 0.15) is 6.29 Å². The highest BCUT2D eigenvalue weighted by Crippen LogP contribution is 2.34. The Morgan fingerprint density at radius 3 is 2.60 bits per heavy atom. The first-order valence-corrected chi connectivity index (χ1v) is 10.0. The smallest absolute Gasteiger partial charge is 0.154 e. The highest BCUT2D eigenvalue weighted by atomic mass is 32.2. The molecule has 2 aromatic carbocycles. The number of rotatable bonds is 5. The predicted octanol–water partition coefficient (Wildman–Crippen LogP) is 4.21. The molecule has 0 bridgehead atoms.